The molecule has 0 fully saturated rings. The lowest BCUT2D eigenvalue weighted by Crippen LogP contribution is -2.21. The predicted molar refractivity (Wildman–Crippen MR) is 122 cm³/mol. The van der Waals surface area contributed by atoms with Gasteiger partial charge < -0.3 is 15.0 Å². The second-order valence-corrected chi connectivity index (χ2v) is 7.95. The highest BCUT2D eigenvalue weighted by Crippen LogP contribution is 2.34. The molecule has 0 spiro atoms. The summed E-state index contributed by atoms with van der Waals surface area (Å²) in [5.74, 6) is -2.92. The van der Waals surface area contributed by atoms with Crippen molar-refractivity contribution in [1.29, 1.82) is 0 Å². The minimum Gasteiger partial charge on any atom is -0.453 e. The minimum atomic E-state index is -5.08. The molecule has 14 heteroatoms. The number of nitrogens with one attached hydrogen (secondary N) is 2. The van der Waals surface area contributed by atoms with Gasteiger partial charge >= 0.3 is 6.18 Å². The van der Waals surface area contributed by atoms with Crippen LogP contribution in [0.25, 0.3) is 16.7 Å². The Labute approximate surface area is 208 Å². The second kappa shape index (κ2) is 9.17. The molecule has 8 nitrogen and oxygen atoms in total. The van der Waals surface area contributed by atoms with Crippen molar-refractivity contribution >= 4 is 34.2 Å². The lowest BCUT2D eigenvalue weighted by atomic mass is 10.2. The maximum Gasteiger partial charge on any atom is 0.435 e. The largest absolute Gasteiger partial charge is 0.453 e. The Morgan fingerprint density at radius 1 is 1.03 bits per heavy atom. The van der Waals surface area contributed by atoms with Crippen LogP contribution in [0.4, 0.5) is 27.6 Å². The molecule has 0 atom stereocenters. The van der Waals surface area contributed by atoms with Crippen LogP contribution >= 0.6 is 11.6 Å². The summed E-state index contributed by atoms with van der Waals surface area (Å²) in [6, 6.07) is 9.27. The molecule has 2 N–H and O–H groups in total. The van der Waals surface area contributed by atoms with Crippen molar-refractivity contribution in [3.8, 4) is 17.2 Å². The Balaban J connectivity index is 1.41. The number of rotatable bonds is 5. The third-order valence-electron chi connectivity index (χ3n) is 5.13. The molecule has 0 aliphatic carbocycles. The number of benzene rings is 2. The Morgan fingerprint density at radius 2 is 1.84 bits per heavy atom. The molecule has 0 saturated carbocycles. The van der Waals surface area contributed by atoms with Gasteiger partial charge in [0.15, 0.2) is 23.0 Å². The van der Waals surface area contributed by atoms with E-state index in [4.69, 9.17) is 16.3 Å². The van der Waals surface area contributed by atoms with Gasteiger partial charge in [-0.1, -0.05) is 16.8 Å². The summed E-state index contributed by atoms with van der Waals surface area (Å²) >= 11 is 5.66. The van der Waals surface area contributed by atoms with Gasteiger partial charge in [-0.15, -0.1) is 5.10 Å². The summed E-state index contributed by atoms with van der Waals surface area (Å²) in [5, 5.41) is 9.05. The van der Waals surface area contributed by atoms with Crippen LogP contribution in [0.2, 0.25) is 5.02 Å². The fraction of sp³-hybridized carbons (Fsp3) is 0.0435. The van der Waals surface area contributed by atoms with Crippen LogP contribution in [0, 0.1) is 11.6 Å². The molecule has 5 rings (SSSR count). The quantitative estimate of drug-likeness (QED) is 0.264. The van der Waals surface area contributed by atoms with Crippen molar-refractivity contribution < 1.29 is 31.5 Å². The number of carbonyl (C=O) groups is 1. The van der Waals surface area contributed by atoms with Crippen LogP contribution in [0.1, 0.15) is 16.2 Å². The van der Waals surface area contributed by atoms with Crippen LogP contribution in [-0.4, -0.2) is 30.9 Å². The highest BCUT2D eigenvalue weighted by molar-refractivity contribution is 6.30. The van der Waals surface area contributed by atoms with Gasteiger partial charge in [-0.05, 0) is 42.5 Å². The Kier molecular flexibility index (Phi) is 5.99. The first-order valence-electron chi connectivity index (χ1n) is 10.3. The number of amides is 1. The number of nitrogens with zero attached hydrogens (tertiary/aromatic N) is 4. The zero-order valence-electron chi connectivity index (χ0n) is 18.1. The summed E-state index contributed by atoms with van der Waals surface area (Å²) in [6.45, 7) is 0. The second-order valence-electron chi connectivity index (χ2n) is 7.55. The first kappa shape index (κ1) is 24.2. The zero-order chi connectivity index (χ0) is 26.3. The molecule has 0 radical (unpaired) electrons. The number of hydrogen-bond donors (Lipinski definition) is 2. The van der Waals surface area contributed by atoms with E-state index in [0.717, 1.165) is 24.3 Å². The average Bonchev–Trinajstić information content (AvgIpc) is 3.50. The number of alkyl halides is 3. The van der Waals surface area contributed by atoms with Crippen LogP contribution in [0.3, 0.4) is 0 Å². The third-order valence-corrected chi connectivity index (χ3v) is 5.42. The molecule has 0 saturated heterocycles. The van der Waals surface area contributed by atoms with Crippen molar-refractivity contribution in [3.05, 3.63) is 89.0 Å². The summed E-state index contributed by atoms with van der Waals surface area (Å²) in [5.41, 5.74) is -2.52. The van der Waals surface area contributed by atoms with E-state index < -0.39 is 40.1 Å². The van der Waals surface area contributed by atoms with Gasteiger partial charge in [0.25, 0.3) is 5.91 Å². The first-order valence-corrected chi connectivity index (χ1v) is 10.7. The van der Waals surface area contributed by atoms with E-state index >= 15 is 0 Å². The minimum absolute atomic E-state index is 0.163. The maximum atomic E-state index is 14.7. The van der Waals surface area contributed by atoms with Gasteiger partial charge in [0.05, 0.1) is 16.1 Å². The van der Waals surface area contributed by atoms with Gasteiger partial charge in [-0.3, -0.25) is 4.79 Å². The number of aromatic nitrogens is 5. The van der Waals surface area contributed by atoms with E-state index in [-0.39, 0.29) is 17.1 Å². The number of H-pyrrole nitrogens is 1. The molecule has 2 aromatic carbocycles. The van der Waals surface area contributed by atoms with E-state index in [1.54, 1.807) is 12.3 Å². The summed E-state index contributed by atoms with van der Waals surface area (Å²) in [7, 11) is 0. The summed E-state index contributed by atoms with van der Waals surface area (Å²) < 4.78 is 75.6. The van der Waals surface area contributed by atoms with Gasteiger partial charge in [0.2, 0.25) is 0 Å². The first-order chi connectivity index (χ1) is 17.6. The predicted octanol–water partition coefficient (Wildman–Crippen LogP) is 6.14. The number of anilines is 1. The molecule has 3 heterocycles. The van der Waals surface area contributed by atoms with Crippen LogP contribution in [0.5, 0.6) is 11.5 Å². The number of fused-ring (bicyclic) bond motifs is 1. The topological polar surface area (TPSA) is 97.7 Å². The number of aromatic amines is 1. The van der Waals surface area contributed by atoms with Crippen molar-refractivity contribution in [2.24, 2.45) is 0 Å². The van der Waals surface area contributed by atoms with Crippen molar-refractivity contribution in [2.45, 2.75) is 6.18 Å². The highest BCUT2D eigenvalue weighted by atomic mass is 35.5. The normalized spacial score (nSPS) is 11.6. The average molecular weight is 535 g/mol. The van der Waals surface area contributed by atoms with E-state index in [1.165, 1.54) is 24.4 Å². The van der Waals surface area contributed by atoms with Gasteiger partial charge in [-0.2, -0.15) is 13.2 Å². The number of carbonyl (C=O) groups excluding carboxylic acids is 1. The van der Waals surface area contributed by atoms with E-state index in [1.807, 2.05) is 0 Å². The number of pyridine rings is 1. The maximum absolute atomic E-state index is 14.7. The lowest BCUT2D eigenvalue weighted by molar-refractivity contribution is -0.143. The molecule has 0 aliphatic rings. The molecule has 188 valence electrons. The number of hydrogen-bond acceptors (Lipinski definition) is 5. The van der Waals surface area contributed by atoms with Gasteiger partial charge in [0.1, 0.15) is 17.2 Å². The SMILES string of the molecule is O=C(Nc1ccc(Oc2ccnc3[nH]ccc23)c(F)c1)c1nnn(-c2ccc(F)c(Cl)c2)c1C(F)(F)F. The Morgan fingerprint density at radius 3 is 2.57 bits per heavy atom. The standard InChI is InChI=1S/C23H12ClF5N6O2/c24-14-10-12(2-3-15(14)25)35-20(23(27,28)29)19(33-34-35)22(36)32-11-1-4-18(16(26)9-11)37-17-6-8-31-21-13(17)5-7-30-21/h1-10H,(H,30,31)(H,32,36). The van der Waals surface area contributed by atoms with Crippen LogP contribution in [-0.2, 0) is 6.18 Å². The van der Waals surface area contributed by atoms with Crippen LogP contribution in [0.15, 0.2) is 60.9 Å². The monoisotopic (exact) mass is 534 g/mol. The molecule has 5 aromatic rings. The highest BCUT2D eigenvalue weighted by Gasteiger charge is 2.42. The van der Waals surface area contributed by atoms with Crippen molar-refractivity contribution in [3.63, 3.8) is 0 Å². The fourth-order valence-electron chi connectivity index (χ4n) is 3.48. The van der Waals surface area contributed by atoms with Crippen molar-refractivity contribution in [2.75, 3.05) is 5.32 Å². The van der Waals surface area contributed by atoms with Gasteiger partial charge in [-0.25, -0.2) is 18.4 Å². The van der Waals surface area contributed by atoms with Crippen LogP contribution < -0.4 is 10.1 Å². The Bertz CT molecular complexity index is 1650. The molecule has 0 aliphatic heterocycles. The summed E-state index contributed by atoms with van der Waals surface area (Å²) in [6.07, 6.45) is -1.98. The molecule has 1 amide bonds. The van der Waals surface area contributed by atoms with E-state index in [0.29, 0.717) is 21.5 Å². The Hall–Kier alpha value is -4.52. The third kappa shape index (κ3) is 4.68. The molecule has 3 aromatic heterocycles. The molecule has 0 bridgehead atoms. The number of ether oxygens (including phenoxy) is 1. The fourth-order valence-corrected chi connectivity index (χ4v) is 3.66. The molecular formula is C23H12ClF5N6O2. The zero-order valence-corrected chi connectivity index (χ0v) is 18.9. The smallest absolute Gasteiger partial charge is 0.435 e. The molecule has 37 heavy (non-hydrogen) atoms. The molecule has 0 unspecified atom stereocenters. The summed E-state index contributed by atoms with van der Waals surface area (Å²) in [4.78, 5) is 19.7. The van der Waals surface area contributed by atoms with E-state index in [9.17, 15) is 26.7 Å². The lowest BCUT2D eigenvalue weighted by Gasteiger charge is -2.12. The van der Waals surface area contributed by atoms with E-state index in [2.05, 4.69) is 25.6 Å². The number of halogens is 6. The van der Waals surface area contributed by atoms with Crippen molar-refractivity contribution in [1.82, 2.24) is 25.0 Å². The van der Waals surface area contributed by atoms with Gasteiger partial charge in [0, 0.05) is 24.1 Å². The molecular weight excluding hydrogens is 523 g/mol.